The first-order chi connectivity index (χ1) is 13.8. The predicted octanol–water partition coefficient (Wildman–Crippen LogP) is 2.78. The van der Waals surface area contributed by atoms with Crippen LogP contribution in [0.25, 0.3) is 6.08 Å². The molecule has 0 bridgehead atoms. The summed E-state index contributed by atoms with van der Waals surface area (Å²) in [6.45, 7) is 1.18. The van der Waals surface area contributed by atoms with Crippen molar-refractivity contribution in [2.75, 3.05) is 11.5 Å². The van der Waals surface area contributed by atoms with Gasteiger partial charge in [-0.25, -0.2) is 14.5 Å². The fourth-order valence-electron chi connectivity index (χ4n) is 2.64. The van der Waals surface area contributed by atoms with Crippen LogP contribution in [0.5, 0.6) is 5.75 Å². The summed E-state index contributed by atoms with van der Waals surface area (Å²) in [6, 6.07) is 10.0. The number of amides is 4. The fourth-order valence-corrected chi connectivity index (χ4v) is 2.81. The molecule has 3 rings (SSSR count). The van der Waals surface area contributed by atoms with E-state index in [1.165, 1.54) is 24.3 Å². The average molecular weight is 415 g/mol. The minimum atomic E-state index is -1.17. The lowest BCUT2D eigenvalue weighted by molar-refractivity contribution is -0.139. The molecule has 2 N–H and O–H groups in total. The molecule has 1 aliphatic heterocycles. The number of nitrogens with zero attached hydrogens (tertiary/aromatic N) is 1. The molecule has 1 fully saturated rings. The first kappa shape index (κ1) is 20.1. The Bertz CT molecular complexity index is 1060. The number of halogens is 1. The minimum absolute atomic E-state index is 0.171. The maximum atomic E-state index is 12.9. The highest BCUT2D eigenvalue weighted by Gasteiger charge is 2.37. The minimum Gasteiger partial charge on any atom is -0.481 e. The molecule has 1 saturated heterocycles. The second-order valence-electron chi connectivity index (χ2n) is 6.11. The molecule has 2 aromatic carbocycles. The molecule has 0 atom stereocenters. The van der Waals surface area contributed by atoms with Crippen LogP contribution in [0.4, 0.5) is 10.5 Å². The van der Waals surface area contributed by atoms with Crippen molar-refractivity contribution >= 4 is 47.2 Å². The Morgan fingerprint density at radius 2 is 1.93 bits per heavy atom. The summed E-state index contributed by atoms with van der Waals surface area (Å²) in [5, 5.41) is 11.3. The normalized spacial score (nSPS) is 15.4. The Hall–Kier alpha value is -3.65. The number of aryl methyl sites for hydroxylation is 1. The van der Waals surface area contributed by atoms with Crippen LogP contribution in [0.1, 0.15) is 11.1 Å². The molecular formula is C20H15ClN2O6. The molecular weight excluding hydrogens is 400 g/mol. The van der Waals surface area contributed by atoms with Gasteiger partial charge in [0.2, 0.25) is 0 Å². The Balaban J connectivity index is 2.00. The summed E-state index contributed by atoms with van der Waals surface area (Å²) in [5.41, 5.74) is 0.963. The van der Waals surface area contributed by atoms with E-state index in [1.54, 1.807) is 31.2 Å². The molecule has 0 unspecified atom stereocenters. The van der Waals surface area contributed by atoms with Gasteiger partial charge in [0.15, 0.2) is 6.61 Å². The molecule has 8 nitrogen and oxygen atoms in total. The topological polar surface area (TPSA) is 113 Å². The fraction of sp³-hybridized carbons (Fsp3) is 0.100. The maximum absolute atomic E-state index is 12.9. The number of aliphatic carboxylic acids is 1. The smallest absolute Gasteiger partial charge is 0.341 e. The molecule has 0 aromatic heterocycles. The van der Waals surface area contributed by atoms with Gasteiger partial charge in [-0.2, -0.15) is 0 Å². The molecule has 2 aromatic rings. The lowest BCUT2D eigenvalue weighted by atomic mass is 10.1. The SMILES string of the molecule is Cc1ccc(N2C(=O)NC(=O)/C(=C/c3ccccc3OCC(=O)O)C2=O)cc1Cl. The zero-order valence-corrected chi connectivity index (χ0v) is 15.9. The highest BCUT2D eigenvalue weighted by atomic mass is 35.5. The van der Waals surface area contributed by atoms with Crippen molar-refractivity contribution in [3.05, 3.63) is 64.2 Å². The van der Waals surface area contributed by atoms with Crippen LogP contribution in [-0.2, 0) is 14.4 Å². The van der Waals surface area contributed by atoms with E-state index in [1.807, 2.05) is 0 Å². The van der Waals surface area contributed by atoms with E-state index in [0.29, 0.717) is 10.6 Å². The number of hydrogen-bond donors (Lipinski definition) is 2. The number of rotatable bonds is 5. The van der Waals surface area contributed by atoms with Crippen LogP contribution in [0, 0.1) is 6.92 Å². The highest BCUT2D eigenvalue weighted by Crippen LogP contribution is 2.28. The number of carbonyl (C=O) groups is 4. The molecule has 29 heavy (non-hydrogen) atoms. The number of carboxylic acids is 1. The van der Waals surface area contributed by atoms with Gasteiger partial charge in [-0.1, -0.05) is 35.9 Å². The third-order valence-corrected chi connectivity index (χ3v) is 4.49. The lowest BCUT2D eigenvalue weighted by Gasteiger charge is -2.26. The van der Waals surface area contributed by atoms with Gasteiger partial charge in [0, 0.05) is 10.6 Å². The van der Waals surface area contributed by atoms with Crippen LogP contribution in [0.2, 0.25) is 5.02 Å². The van der Waals surface area contributed by atoms with Gasteiger partial charge < -0.3 is 9.84 Å². The van der Waals surface area contributed by atoms with Crippen molar-refractivity contribution in [1.29, 1.82) is 0 Å². The number of barbiturate groups is 1. The van der Waals surface area contributed by atoms with Gasteiger partial charge in [0.05, 0.1) is 5.69 Å². The number of carbonyl (C=O) groups excluding carboxylic acids is 3. The predicted molar refractivity (Wildman–Crippen MR) is 105 cm³/mol. The molecule has 1 aliphatic rings. The van der Waals surface area contributed by atoms with E-state index in [-0.39, 0.29) is 17.0 Å². The molecule has 4 amide bonds. The van der Waals surface area contributed by atoms with E-state index in [9.17, 15) is 19.2 Å². The van der Waals surface area contributed by atoms with E-state index >= 15 is 0 Å². The van der Waals surface area contributed by atoms with E-state index < -0.39 is 30.4 Å². The summed E-state index contributed by atoms with van der Waals surface area (Å²) >= 11 is 6.09. The van der Waals surface area contributed by atoms with Crippen molar-refractivity contribution in [1.82, 2.24) is 5.32 Å². The van der Waals surface area contributed by atoms with E-state index in [4.69, 9.17) is 21.4 Å². The monoisotopic (exact) mass is 414 g/mol. The van der Waals surface area contributed by atoms with Gasteiger partial charge in [-0.15, -0.1) is 0 Å². The molecule has 148 valence electrons. The maximum Gasteiger partial charge on any atom is 0.341 e. The largest absolute Gasteiger partial charge is 0.481 e. The number of anilines is 1. The quantitative estimate of drug-likeness (QED) is 0.574. The van der Waals surface area contributed by atoms with Crippen LogP contribution >= 0.6 is 11.6 Å². The number of benzene rings is 2. The van der Waals surface area contributed by atoms with Gasteiger partial charge in [0.25, 0.3) is 11.8 Å². The number of carboxylic acid groups (broad SMARTS) is 1. The summed E-state index contributed by atoms with van der Waals surface area (Å²) in [7, 11) is 0. The number of imide groups is 2. The van der Waals surface area contributed by atoms with Gasteiger partial charge in [-0.3, -0.25) is 14.9 Å². The molecule has 0 aliphatic carbocycles. The number of hydrogen-bond acceptors (Lipinski definition) is 5. The molecule has 1 heterocycles. The van der Waals surface area contributed by atoms with Gasteiger partial charge in [-0.05, 0) is 36.8 Å². The van der Waals surface area contributed by atoms with Gasteiger partial charge in [0.1, 0.15) is 11.3 Å². The molecule has 9 heteroatoms. The highest BCUT2D eigenvalue weighted by molar-refractivity contribution is 6.39. The van der Waals surface area contributed by atoms with Crippen molar-refractivity contribution in [3.63, 3.8) is 0 Å². The Morgan fingerprint density at radius 3 is 2.62 bits per heavy atom. The number of para-hydroxylation sites is 1. The van der Waals surface area contributed by atoms with Crippen LogP contribution < -0.4 is 15.0 Å². The molecule has 0 saturated carbocycles. The third kappa shape index (κ3) is 4.27. The number of urea groups is 1. The number of nitrogens with one attached hydrogen (secondary N) is 1. The zero-order chi connectivity index (χ0) is 21.1. The number of ether oxygens (including phenoxy) is 1. The van der Waals surface area contributed by atoms with Crippen LogP contribution in [0.3, 0.4) is 0 Å². The van der Waals surface area contributed by atoms with Crippen LogP contribution in [-0.4, -0.2) is 35.5 Å². The standard InChI is InChI=1S/C20H15ClN2O6/c1-11-6-7-13(9-15(11)21)23-19(27)14(18(26)22-20(23)28)8-12-4-2-3-5-16(12)29-10-17(24)25/h2-9H,10H2,1H3,(H,24,25)(H,22,26,28)/b14-8-. The molecule has 0 spiro atoms. The Morgan fingerprint density at radius 1 is 1.21 bits per heavy atom. The van der Waals surface area contributed by atoms with Crippen molar-refractivity contribution in [2.45, 2.75) is 6.92 Å². The summed E-state index contributed by atoms with van der Waals surface area (Å²) < 4.78 is 5.19. The zero-order valence-electron chi connectivity index (χ0n) is 15.1. The van der Waals surface area contributed by atoms with Crippen molar-refractivity contribution < 1.29 is 29.0 Å². The summed E-state index contributed by atoms with van der Waals surface area (Å²) in [5.74, 6) is -2.72. The van der Waals surface area contributed by atoms with Crippen molar-refractivity contribution in [3.8, 4) is 5.75 Å². The summed E-state index contributed by atoms with van der Waals surface area (Å²) in [4.78, 5) is 49.0. The lowest BCUT2D eigenvalue weighted by Crippen LogP contribution is -2.54. The first-order valence-electron chi connectivity index (χ1n) is 8.39. The Kier molecular flexibility index (Phi) is 5.65. The van der Waals surface area contributed by atoms with Crippen molar-refractivity contribution in [2.24, 2.45) is 0 Å². The van der Waals surface area contributed by atoms with E-state index in [0.717, 1.165) is 10.5 Å². The Labute approximate surface area is 170 Å². The summed E-state index contributed by atoms with van der Waals surface area (Å²) in [6.07, 6.45) is 1.24. The second kappa shape index (κ2) is 8.15. The van der Waals surface area contributed by atoms with Gasteiger partial charge >= 0.3 is 12.0 Å². The average Bonchev–Trinajstić information content (AvgIpc) is 2.66. The first-order valence-corrected chi connectivity index (χ1v) is 8.77. The van der Waals surface area contributed by atoms with Crippen LogP contribution in [0.15, 0.2) is 48.0 Å². The molecule has 0 radical (unpaired) electrons. The third-order valence-electron chi connectivity index (χ3n) is 4.09. The second-order valence-corrected chi connectivity index (χ2v) is 6.52. The van der Waals surface area contributed by atoms with E-state index in [2.05, 4.69) is 5.32 Å².